The lowest BCUT2D eigenvalue weighted by Gasteiger charge is -2.34. The zero-order chi connectivity index (χ0) is 10.7. The summed E-state index contributed by atoms with van der Waals surface area (Å²) in [7, 11) is 2.08. The van der Waals surface area contributed by atoms with Crippen LogP contribution < -0.4 is 5.32 Å². The van der Waals surface area contributed by atoms with Crippen LogP contribution in [0.5, 0.6) is 0 Å². The molecule has 1 fully saturated rings. The van der Waals surface area contributed by atoms with Crippen molar-refractivity contribution in [1.82, 2.24) is 10.3 Å². The average molecular weight is 224 g/mol. The van der Waals surface area contributed by atoms with Crippen LogP contribution in [0.15, 0.2) is 10.9 Å². The Morgan fingerprint density at radius 2 is 2.40 bits per heavy atom. The van der Waals surface area contributed by atoms with E-state index in [2.05, 4.69) is 29.7 Å². The smallest absolute Gasteiger partial charge is 0.0794 e. The summed E-state index contributed by atoms with van der Waals surface area (Å²) in [5.41, 5.74) is 3.29. The molecule has 0 bridgehead atoms. The molecule has 0 spiro atoms. The van der Waals surface area contributed by atoms with Gasteiger partial charge in [-0.25, -0.2) is 4.98 Å². The predicted molar refractivity (Wildman–Crippen MR) is 65.3 cm³/mol. The molecule has 0 radical (unpaired) electrons. The molecule has 3 atom stereocenters. The molecule has 2 rings (SSSR count). The Hall–Kier alpha value is -0.410. The molecule has 0 aromatic carbocycles. The third kappa shape index (κ3) is 2.40. The molecule has 1 aliphatic rings. The summed E-state index contributed by atoms with van der Waals surface area (Å²) in [6.45, 7) is 2.31. The number of rotatable bonds is 3. The zero-order valence-electron chi connectivity index (χ0n) is 9.57. The first-order valence-corrected chi connectivity index (χ1v) is 6.84. The van der Waals surface area contributed by atoms with Crippen LogP contribution in [0.4, 0.5) is 0 Å². The summed E-state index contributed by atoms with van der Waals surface area (Å²) in [6, 6.07) is 0.694. The molecule has 0 saturated heterocycles. The highest BCUT2D eigenvalue weighted by atomic mass is 32.1. The lowest BCUT2D eigenvalue weighted by molar-refractivity contribution is 0.251. The second-order valence-corrected chi connectivity index (χ2v) is 5.21. The average Bonchev–Trinajstić information content (AvgIpc) is 2.81. The largest absolute Gasteiger partial charge is 0.317 e. The summed E-state index contributed by atoms with van der Waals surface area (Å²) in [5, 5.41) is 5.64. The monoisotopic (exact) mass is 224 g/mol. The van der Waals surface area contributed by atoms with E-state index >= 15 is 0 Å². The van der Waals surface area contributed by atoms with Gasteiger partial charge in [0.25, 0.3) is 0 Å². The maximum Gasteiger partial charge on any atom is 0.0794 e. The van der Waals surface area contributed by atoms with Crippen LogP contribution in [0, 0.1) is 5.92 Å². The standard InChI is InChI=1S/C12H20N2S/c1-3-9-4-5-10(13-2)6-11(9)12-7-15-8-14-12/h7-11,13H,3-6H2,1-2H3. The molecule has 1 aliphatic carbocycles. The van der Waals surface area contributed by atoms with Crippen molar-refractivity contribution in [1.29, 1.82) is 0 Å². The highest BCUT2D eigenvalue weighted by Crippen LogP contribution is 2.39. The van der Waals surface area contributed by atoms with E-state index in [1.165, 1.54) is 31.4 Å². The molecule has 3 heteroatoms. The molecule has 1 aromatic rings. The van der Waals surface area contributed by atoms with Crippen molar-refractivity contribution >= 4 is 11.3 Å². The third-order valence-electron chi connectivity index (χ3n) is 3.76. The fourth-order valence-electron chi connectivity index (χ4n) is 2.75. The van der Waals surface area contributed by atoms with E-state index in [1.807, 2.05) is 5.51 Å². The normalized spacial score (nSPS) is 31.7. The number of nitrogens with one attached hydrogen (secondary N) is 1. The fraction of sp³-hybridized carbons (Fsp3) is 0.750. The molecule has 1 heterocycles. The van der Waals surface area contributed by atoms with E-state index in [4.69, 9.17) is 0 Å². The molecule has 1 aromatic heterocycles. The number of aromatic nitrogens is 1. The molecule has 2 nitrogen and oxygen atoms in total. The Labute approximate surface area is 96.1 Å². The topological polar surface area (TPSA) is 24.9 Å². The quantitative estimate of drug-likeness (QED) is 0.853. The minimum atomic E-state index is 0.687. The summed E-state index contributed by atoms with van der Waals surface area (Å²) >= 11 is 1.72. The van der Waals surface area contributed by atoms with Crippen LogP contribution >= 0.6 is 11.3 Å². The molecule has 0 amide bonds. The summed E-state index contributed by atoms with van der Waals surface area (Å²) in [4.78, 5) is 4.50. The Morgan fingerprint density at radius 3 is 3.00 bits per heavy atom. The zero-order valence-corrected chi connectivity index (χ0v) is 10.4. The molecule has 1 N–H and O–H groups in total. The highest BCUT2D eigenvalue weighted by molar-refractivity contribution is 7.07. The van der Waals surface area contributed by atoms with E-state index in [1.54, 1.807) is 11.3 Å². The highest BCUT2D eigenvalue weighted by Gasteiger charge is 2.30. The number of hydrogen-bond donors (Lipinski definition) is 1. The van der Waals surface area contributed by atoms with E-state index in [9.17, 15) is 0 Å². The Morgan fingerprint density at radius 1 is 1.53 bits per heavy atom. The maximum atomic E-state index is 4.50. The van der Waals surface area contributed by atoms with Gasteiger partial charge in [-0.2, -0.15) is 0 Å². The minimum absolute atomic E-state index is 0.687. The lowest BCUT2D eigenvalue weighted by Crippen LogP contribution is -2.34. The van der Waals surface area contributed by atoms with E-state index < -0.39 is 0 Å². The van der Waals surface area contributed by atoms with Crippen LogP contribution in [0.1, 0.15) is 44.2 Å². The van der Waals surface area contributed by atoms with Gasteiger partial charge in [0.1, 0.15) is 0 Å². The van der Waals surface area contributed by atoms with Gasteiger partial charge in [0.05, 0.1) is 11.2 Å². The van der Waals surface area contributed by atoms with Gasteiger partial charge in [0.15, 0.2) is 0 Å². The maximum absolute atomic E-state index is 4.50. The van der Waals surface area contributed by atoms with Crippen molar-refractivity contribution in [3.63, 3.8) is 0 Å². The Bertz CT molecular complexity index is 284. The number of nitrogens with zero attached hydrogens (tertiary/aromatic N) is 1. The minimum Gasteiger partial charge on any atom is -0.317 e. The first-order chi connectivity index (χ1) is 7.35. The SMILES string of the molecule is CCC1CCC(NC)CC1c1cscn1. The van der Waals surface area contributed by atoms with Gasteiger partial charge in [-0.1, -0.05) is 13.3 Å². The molecular weight excluding hydrogens is 204 g/mol. The van der Waals surface area contributed by atoms with Crippen molar-refractivity contribution in [3.8, 4) is 0 Å². The first-order valence-electron chi connectivity index (χ1n) is 5.90. The van der Waals surface area contributed by atoms with Gasteiger partial charge in [-0.05, 0) is 32.2 Å². The molecule has 3 unspecified atom stereocenters. The van der Waals surface area contributed by atoms with Crippen molar-refractivity contribution in [3.05, 3.63) is 16.6 Å². The van der Waals surface area contributed by atoms with E-state index in [-0.39, 0.29) is 0 Å². The molecule has 84 valence electrons. The number of hydrogen-bond acceptors (Lipinski definition) is 3. The molecule has 1 saturated carbocycles. The van der Waals surface area contributed by atoms with Gasteiger partial charge >= 0.3 is 0 Å². The van der Waals surface area contributed by atoms with Crippen LogP contribution in [-0.4, -0.2) is 18.1 Å². The summed E-state index contributed by atoms with van der Waals surface area (Å²) in [5.74, 6) is 1.53. The Kier molecular flexibility index (Phi) is 3.76. The second-order valence-electron chi connectivity index (χ2n) is 4.49. The van der Waals surface area contributed by atoms with Gasteiger partial charge < -0.3 is 5.32 Å². The van der Waals surface area contributed by atoms with Gasteiger partial charge in [-0.15, -0.1) is 11.3 Å². The third-order valence-corrected chi connectivity index (χ3v) is 4.36. The van der Waals surface area contributed by atoms with Gasteiger partial charge in [-0.3, -0.25) is 0 Å². The van der Waals surface area contributed by atoms with E-state index in [0.717, 1.165) is 5.92 Å². The summed E-state index contributed by atoms with van der Waals surface area (Å²) < 4.78 is 0. The molecule has 0 aliphatic heterocycles. The van der Waals surface area contributed by atoms with Crippen LogP contribution in [0.25, 0.3) is 0 Å². The van der Waals surface area contributed by atoms with Crippen molar-refractivity contribution in [2.75, 3.05) is 7.05 Å². The van der Waals surface area contributed by atoms with Gasteiger partial charge in [0, 0.05) is 17.3 Å². The van der Waals surface area contributed by atoms with Gasteiger partial charge in [0.2, 0.25) is 0 Å². The van der Waals surface area contributed by atoms with Crippen LogP contribution in [-0.2, 0) is 0 Å². The second kappa shape index (κ2) is 5.08. The van der Waals surface area contributed by atoms with E-state index in [0.29, 0.717) is 12.0 Å². The lowest BCUT2D eigenvalue weighted by atomic mass is 9.74. The van der Waals surface area contributed by atoms with Crippen molar-refractivity contribution in [2.24, 2.45) is 5.92 Å². The molecule has 15 heavy (non-hydrogen) atoms. The summed E-state index contributed by atoms with van der Waals surface area (Å²) in [6.07, 6.45) is 5.23. The van der Waals surface area contributed by atoms with Crippen LogP contribution in [0.2, 0.25) is 0 Å². The molecular formula is C12H20N2S. The fourth-order valence-corrected chi connectivity index (χ4v) is 3.37. The Balaban J connectivity index is 2.10. The predicted octanol–water partition coefficient (Wildman–Crippen LogP) is 3.02. The van der Waals surface area contributed by atoms with Crippen LogP contribution in [0.3, 0.4) is 0 Å². The van der Waals surface area contributed by atoms with Crippen molar-refractivity contribution < 1.29 is 0 Å². The van der Waals surface area contributed by atoms with Crippen molar-refractivity contribution in [2.45, 2.75) is 44.6 Å². The first kappa shape index (κ1) is 11.1. The number of thiazole rings is 1.